The Balaban J connectivity index is 1.84. The first kappa shape index (κ1) is 28.9. The molecule has 0 aromatic heterocycles. The molecule has 4 rings (SSSR count). The lowest BCUT2D eigenvalue weighted by Gasteiger charge is -2.52. The number of rotatable bonds is 7. The molecule has 1 aromatic carbocycles. The third-order valence-corrected chi connectivity index (χ3v) is 8.72. The summed E-state index contributed by atoms with van der Waals surface area (Å²) in [6, 6.07) is 1.83. The van der Waals surface area contributed by atoms with E-state index in [0.29, 0.717) is 30.1 Å². The van der Waals surface area contributed by atoms with E-state index in [1.54, 1.807) is 13.8 Å². The van der Waals surface area contributed by atoms with E-state index in [-0.39, 0.29) is 30.1 Å². The Kier molecular flexibility index (Phi) is 7.50. The van der Waals surface area contributed by atoms with Crippen LogP contribution in [0.2, 0.25) is 0 Å². The number of ketones is 4. The van der Waals surface area contributed by atoms with Crippen LogP contribution in [0.3, 0.4) is 0 Å². The number of carbonyl (C=O) groups excluding carboxylic acids is 5. The number of amides is 1. The van der Waals surface area contributed by atoms with Crippen LogP contribution in [0.5, 0.6) is 5.75 Å². The third kappa shape index (κ3) is 4.37. The average molecular weight is 542 g/mol. The van der Waals surface area contributed by atoms with Gasteiger partial charge in [0, 0.05) is 43.7 Å². The van der Waals surface area contributed by atoms with Crippen molar-refractivity contribution in [2.24, 2.45) is 47.2 Å². The fourth-order valence-corrected chi connectivity index (χ4v) is 6.99. The fourth-order valence-electron chi connectivity index (χ4n) is 6.99. The monoisotopic (exact) mass is 541 g/mol. The van der Waals surface area contributed by atoms with Crippen molar-refractivity contribution in [3.8, 4) is 5.75 Å². The molecule has 0 spiro atoms. The molecular weight excluding hydrogens is 502 g/mol. The minimum absolute atomic E-state index is 0.0189. The molecule has 6 atom stereocenters. The van der Waals surface area contributed by atoms with Crippen molar-refractivity contribution in [2.75, 3.05) is 25.5 Å². The van der Waals surface area contributed by atoms with Gasteiger partial charge < -0.3 is 26.2 Å². The second-order valence-corrected chi connectivity index (χ2v) is 12.3. The maximum Gasteiger partial charge on any atom is 0.235 e. The van der Waals surface area contributed by atoms with Crippen LogP contribution in [0.4, 0.5) is 5.69 Å². The van der Waals surface area contributed by atoms with Crippen molar-refractivity contribution in [1.82, 2.24) is 5.32 Å². The maximum atomic E-state index is 14.0. The number of primary amides is 1. The highest BCUT2D eigenvalue weighted by molar-refractivity contribution is 6.32. The number of Topliss-reactive ketones (excluding diaryl/α,β-unsaturated/α-hetero) is 4. The number of aliphatic hydroxyl groups is 1. The zero-order valence-electron chi connectivity index (χ0n) is 23.4. The number of nitrogens with zero attached hydrogens (tertiary/aromatic N) is 1. The number of anilines is 1. The first-order chi connectivity index (χ1) is 18.1. The van der Waals surface area contributed by atoms with E-state index in [0.717, 1.165) is 5.69 Å². The van der Waals surface area contributed by atoms with E-state index in [2.05, 4.69) is 5.32 Å². The van der Waals surface area contributed by atoms with E-state index in [1.165, 1.54) is 0 Å². The zero-order chi connectivity index (χ0) is 29.1. The first-order valence-corrected chi connectivity index (χ1v) is 13.6. The Morgan fingerprint density at radius 1 is 1.15 bits per heavy atom. The van der Waals surface area contributed by atoms with Gasteiger partial charge in [-0.3, -0.25) is 24.0 Å². The fraction of sp³-hybridized carbons (Fsp3) is 0.621. The van der Waals surface area contributed by atoms with Crippen LogP contribution in [0, 0.1) is 41.4 Å². The molecule has 1 aromatic rings. The number of phenols is 1. The van der Waals surface area contributed by atoms with Crippen LogP contribution in [0.25, 0.3) is 0 Å². The van der Waals surface area contributed by atoms with Gasteiger partial charge in [0.1, 0.15) is 5.75 Å². The molecule has 212 valence electrons. The molecule has 0 radical (unpaired) electrons. The number of aromatic hydroxyl groups is 1. The summed E-state index contributed by atoms with van der Waals surface area (Å²) in [6.45, 7) is 8.55. The van der Waals surface area contributed by atoms with Gasteiger partial charge in [-0.15, -0.1) is 0 Å². The minimum Gasteiger partial charge on any atom is -0.507 e. The largest absolute Gasteiger partial charge is 0.507 e. The van der Waals surface area contributed by atoms with Gasteiger partial charge in [0.25, 0.3) is 0 Å². The van der Waals surface area contributed by atoms with Gasteiger partial charge >= 0.3 is 0 Å². The Bertz CT molecular complexity index is 1250. The van der Waals surface area contributed by atoms with E-state index < -0.39 is 64.2 Å². The molecule has 0 aliphatic heterocycles. The molecule has 2 unspecified atom stereocenters. The molecule has 3 aliphatic rings. The van der Waals surface area contributed by atoms with E-state index >= 15 is 0 Å². The van der Waals surface area contributed by atoms with Crippen molar-refractivity contribution in [3.05, 3.63) is 22.8 Å². The second-order valence-electron chi connectivity index (χ2n) is 12.3. The Morgan fingerprint density at radius 3 is 2.33 bits per heavy atom. The summed E-state index contributed by atoms with van der Waals surface area (Å²) in [5, 5.41) is 26.2. The smallest absolute Gasteiger partial charge is 0.235 e. The Morgan fingerprint density at radius 2 is 1.79 bits per heavy atom. The van der Waals surface area contributed by atoms with E-state index in [9.17, 15) is 34.2 Å². The molecule has 2 saturated carbocycles. The topological polar surface area (TPSA) is 167 Å². The number of hydrogen-bond donors (Lipinski definition) is 4. The lowest BCUT2D eigenvalue weighted by Crippen LogP contribution is -2.71. The zero-order valence-corrected chi connectivity index (χ0v) is 23.4. The second kappa shape index (κ2) is 10.1. The molecular formula is C29H39N3O7. The SMILES string of the molecule is CC(C)CNCc1cc(N(C)C)c2c(c1O)C(=O)C1C(=O)[C@]3(O)C(=O)C(C(N)=O)C(=O)[C@@H](C(C)C)[C@@H]3C[C@@H]1C2. The molecule has 0 bridgehead atoms. The summed E-state index contributed by atoms with van der Waals surface area (Å²) in [7, 11) is 3.66. The van der Waals surface area contributed by atoms with Crippen LogP contribution >= 0.6 is 0 Å². The summed E-state index contributed by atoms with van der Waals surface area (Å²) < 4.78 is 0. The number of nitrogens with one attached hydrogen (secondary N) is 1. The summed E-state index contributed by atoms with van der Waals surface area (Å²) in [6.07, 6.45) is 0.312. The van der Waals surface area contributed by atoms with Crippen LogP contribution in [-0.2, 0) is 32.1 Å². The highest BCUT2D eigenvalue weighted by Crippen LogP contribution is 2.54. The van der Waals surface area contributed by atoms with E-state index in [1.807, 2.05) is 38.9 Å². The molecule has 10 heteroatoms. The first-order valence-electron chi connectivity index (χ1n) is 13.6. The summed E-state index contributed by atoms with van der Waals surface area (Å²) >= 11 is 0. The highest BCUT2D eigenvalue weighted by atomic mass is 16.3. The molecule has 0 heterocycles. The molecule has 10 nitrogen and oxygen atoms in total. The lowest BCUT2D eigenvalue weighted by atomic mass is 9.49. The van der Waals surface area contributed by atoms with Crippen LogP contribution < -0.4 is 16.0 Å². The molecule has 5 N–H and O–H groups in total. The van der Waals surface area contributed by atoms with Gasteiger partial charge in [-0.25, -0.2) is 0 Å². The highest BCUT2D eigenvalue weighted by Gasteiger charge is 2.69. The van der Waals surface area contributed by atoms with Gasteiger partial charge in [-0.2, -0.15) is 0 Å². The van der Waals surface area contributed by atoms with Crippen molar-refractivity contribution >= 4 is 34.7 Å². The van der Waals surface area contributed by atoms with Crippen molar-refractivity contribution in [1.29, 1.82) is 0 Å². The molecule has 3 aliphatic carbocycles. The van der Waals surface area contributed by atoms with Gasteiger partial charge in [-0.05, 0) is 48.8 Å². The summed E-state index contributed by atoms with van der Waals surface area (Å²) in [4.78, 5) is 68.6. The van der Waals surface area contributed by atoms with Crippen LogP contribution in [0.1, 0.15) is 55.6 Å². The lowest BCUT2D eigenvalue weighted by molar-refractivity contribution is -0.182. The van der Waals surface area contributed by atoms with Gasteiger partial charge in [-0.1, -0.05) is 27.7 Å². The molecule has 1 amide bonds. The number of fused-ring (bicyclic) bond motifs is 3. The van der Waals surface area contributed by atoms with Crippen LogP contribution in [0.15, 0.2) is 6.07 Å². The number of hydrogen-bond acceptors (Lipinski definition) is 9. The van der Waals surface area contributed by atoms with E-state index in [4.69, 9.17) is 5.73 Å². The van der Waals surface area contributed by atoms with Gasteiger partial charge in [0.15, 0.2) is 34.7 Å². The number of benzene rings is 1. The number of phenolic OH excluding ortho intramolecular Hbond substituents is 1. The molecule has 0 saturated heterocycles. The molecule has 39 heavy (non-hydrogen) atoms. The van der Waals surface area contributed by atoms with Crippen LogP contribution in [-0.4, -0.2) is 65.5 Å². The van der Waals surface area contributed by atoms with Crippen molar-refractivity contribution in [3.63, 3.8) is 0 Å². The Labute approximate surface area is 228 Å². The average Bonchev–Trinajstić information content (AvgIpc) is 2.81. The predicted octanol–water partition coefficient (Wildman–Crippen LogP) is 1.02. The normalized spacial score (nSPS) is 30.3. The molecule has 2 fully saturated rings. The minimum atomic E-state index is -2.69. The Hall–Kier alpha value is -3.11. The standard InChI is InChI=1S/C29H39N3O7/c1-12(2)10-31-11-15-9-18(32(5)6)16-7-14-8-17-19(13(3)4)24(34)22(28(30)38)27(37)29(17,39)26(36)20(14)25(35)21(16)23(15)33/h9,12-14,17,19-20,22,31,33,39H,7-8,10-11H2,1-6H3,(H2,30,38)/t14-,17-,19-,20?,22?,29-/m0/s1. The predicted molar refractivity (Wildman–Crippen MR) is 143 cm³/mol. The van der Waals surface area contributed by atoms with Crippen molar-refractivity contribution < 1.29 is 34.2 Å². The quantitative estimate of drug-likeness (QED) is 0.369. The summed E-state index contributed by atoms with van der Waals surface area (Å²) in [5.41, 5.74) is 4.54. The van der Waals surface area contributed by atoms with Gasteiger partial charge in [0.2, 0.25) is 5.91 Å². The van der Waals surface area contributed by atoms with Crippen molar-refractivity contribution in [2.45, 2.75) is 52.7 Å². The number of carbonyl (C=O) groups is 5. The third-order valence-electron chi connectivity index (χ3n) is 8.72. The number of nitrogens with two attached hydrogens (primary N) is 1. The maximum absolute atomic E-state index is 14.0. The summed E-state index contributed by atoms with van der Waals surface area (Å²) in [5.74, 6) is -11.0. The van der Waals surface area contributed by atoms with Gasteiger partial charge in [0.05, 0.1) is 11.5 Å².